The summed E-state index contributed by atoms with van der Waals surface area (Å²) in [4.78, 5) is 7.14. The van der Waals surface area contributed by atoms with Gasteiger partial charge in [-0.1, -0.05) is 18.2 Å². The SMILES string of the molecule is COc1ccc(OC)c(S(=O)(=O)N2CCN(c3nc(-c4c(C)cccc4C)cs3)CC2)c1. The van der Waals surface area contributed by atoms with Gasteiger partial charge in [-0.05, 0) is 37.1 Å². The molecule has 170 valence electrons. The molecule has 0 spiro atoms. The van der Waals surface area contributed by atoms with E-state index in [-0.39, 0.29) is 4.90 Å². The number of aryl methyl sites for hydroxylation is 2. The van der Waals surface area contributed by atoms with Crippen molar-refractivity contribution in [3.63, 3.8) is 0 Å². The highest BCUT2D eigenvalue weighted by atomic mass is 32.2. The molecule has 0 N–H and O–H groups in total. The molecule has 2 aromatic carbocycles. The van der Waals surface area contributed by atoms with Crippen molar-refractivity contribution in [3.05, 3.63) is 52.9 Å². The summed E-state index contributed by atoms with van der Waals surface area (Å²) in [5.41, 5.74) is 4.54. The Balaban J connectivity index is 1.51. The molecule has 0 atom stereocenters. The molecule has 0 aliphatic carbocycles. The Morgan fingerprint density at radius 3 is 2.28 bits per heavy atom. The Labute approximate surface area is 193 Å². The molecule has 3 aromatic rings. The molecule has 0 saturated carbocycles. The van der Waals surface area contributed by atoms with Crippen LogP contribution in [0.4, 0.5) is 5.13 Å². The van der Waals surface area contributed by atoms with Crippen molar-refractivity contribution in [2.45, 2.75) is 18.7 Å². The van der Waals surface area contributed by atoms with Gasteiger partial charge in [0, 0.05) is 43.2 Å². The molecule has 0 radical (unpaired) electrons. The van der Waals surface area contributed by atoms with E-state index in [4.69, 9.17) is 14.5 Å². The van der Waals surface area contributed by atoms with Crippen molar-refractivity contribution in [2.24, 2.45) is 0 Å². The average Bonchev–Trinajstić information content (AvgIpc) is 3.28. The largest absolute Gasteiger partial charge is 0.497 e. The van der Waals surface area contributed by atoms with Crippen molar-refractivity contribution in [3.8, 4) is 22.8 Å². The van der Waals surface area contributed by atoms with Crippen molar-refractivity contribution in [2.75, 3.05) is 45.3 Å². The van der Waals surface area contributed by atoms with E-state index >= 15 is 0 Å². The lowest BCUT2D eigenvalue weighted by molar-refractivity contribution is 0.370. The molecule has 1 saturated heterocycles. The molecule has 2 heterocycles. The van der Waals surface area contributed by atoms with E-state index in [2.05, 4.69) is 42.3 Å². The molecule has 0 bridgehead atoms. The molecule has 1 aliphatic heterocycles. The number of methoxy groups -OCH3 is 2. The first-order valence-corrected chi connectivity index (χ1v) is 12.7. The van der Waals surface area contributed by atoms with Crippen LogP contribution in [0.15, 0.2) is 46.7 Å². The van der Waals surface area contributed by atoms with Gasteiger partial charge in [0.15, 0.2) is 5.13 Å². The van der Waals surface area contributed by atoms with Gasteiger partial charge >= 0.3 is 0 Å². The first-order chi connectivity index (χ1) is 15.3. The molecule has 1 aliphatic rings. The van der Waals surface area contributed by atoms with Gasteiger partial charge in [-0.2, -0.15) is 4.31 Å². The van der Waals surface area contributed by atoms with Crippen LogP contribution in [-0.4, -0.2) is 58.1 Å². The van der Waals surface area contributed by atoms with Crippen molar-refractivity contribution in [1.29, 1.82) is 0 Å². The van der Waals surface area contributed by atoms with Gasteiger partial charge in [-0.25, -0.2) is 13.4 Å². The van der Waals surface area contributed by atoms with Crippen LogP contribution in [0, 0.1) is 13.8 Å². The quantitative estimate of drug-likeness (QED) is 0.540. The Kier molecular flexibility index (Phi) is 6.41. The third-order valence-electron chi connectivity index (χ3n) is 5.73. The fraction of sp³-hybridized carbons (Fsp3) is 0.348. The third kappa shape index (κ3) is 4.20. The van der Waals surface area contributed by atoms with Crippen LogP contribution in [0.1, 0.15) is 11.1 Å². The van der Waals surface area contributed by atoms with E-state index in [9.17, 15) is 8.42 Å². The van der Waals surface area contributed by atoms with E-state index in [1.807, 2.05) is 0 Å². The highest BCUT2D eigenvalue weighted by Gasteiger charge is 2.32. The minimum absolute atomic E-state index is 0.124. The van der Waals surface area contributed by atoms with Gasteiger partial charge in [0.2, 0.25) is 10.0 Å². The Morgan fingerprint density at radius 2 is 1.66 bits per heavy atom. The average molecular weight is 474 g/mol. The number of sulfonamides is 1. The van der Waals surface area contributed by atoms with Crippen LogP contribution in [-0.2, 0) is 10.0 Å². The number of rotatable bonds is 6. The molecule has 0 amide bonds. The molecular formula is C23H27N3O4S2. The molecule has 0 unspecified atom stereocenters. The number of piperazine rings is 1. The molecule has 4 rings (SSSR count). The molecule has 1 fully saturated rings. The van der Waals surface area contributed by atoms with Gasteiger partial charge in [0.05, 0.1) is 19.9 Å². The zero-order chi connectivity index (χ0) is 22.9. The second-order valence-corrected chi connectivity index (χ2v) is 10.4. The van der Waals surface area contributed by atoms with Crippen LogP contribution in [0.25, 0.3) is 11.3 Å². The normalized spacial score (nSPS) is 15.1. The minimum Gasteiger partial charge on any atom is -0.497 e. The van der Waals surface area contributed by atoms with Gasteiger partial charge < -0.3 is 14.4 Å². The number of hydrogen-bond donors (Lipinski definition) is 0. The van der Waals surface area contributed by atoms with E-state index in [1.54, 1.807) is 23.5 Å². The molecule has 32 heavy (non-hydrogen) atoms. The maximum absolute atomic E-state index is 13.3. The second kappa shape index (κ2) is 9.09. The van der Waals surface area contributed by atoms with Crippen LogP contribution in [0.5, 0.6) is 11.5 Å². The number of hydrogen-bond acceptors (Lipinski definition) is 7. The predicted molar refractivity (Wildman–Crippen MR) is 128 cm³/mol. The van der Waals surface area contributed by atoms with E-state index in [0.29, 0.717) is 37.7 Å². The molecule has 1 aromatic heterocycles. The lowest BCUT2D eigenvalue weighted by Crippen LogP contribution is -2.48. The summed E-state index contributed by atoms with van der Waals surface area (Å²) in [6.45, 7) is 6.09. The molecule has 9 heteroatoms. The number of thiazole rings is 1. The van der Waals surface area contributed by atoms with Crippen molar-refractivity contribution >= 4 is 26.5 Å². The highest BCUT2D eigenvalue weighted by molar-refractivity contribution is 7.89. The standard InChI is InChI=1S/C23H27N3O4S2/c1-16-6-5-7-17(2)22(16)19-15-31-23(24-19)25-10-12-26(13-11-25)32(27,28)21-14-18(29-3)8-9-20(21)30-4/h5-9,14-15H,10-13H2,1-4H3. The number of ether oxygens (including phenoxy) is 2. The second-order valence-electron chi connectivity index (χ2n) is 7.69. The Hall–Kier alpha value is -2.62. The zero-order valence-electron chi connectivity index (χ0n) is 18.7. The fourth-order valence-electron chi connectivity index (χ4n) is 3.99. The first-order valence-electron chi connectivity index (χ1n) is 10.3. The number of nitrogens with zero attached hydrogens (tertiary/aromatic N) is 3. The van der Waals surface area contributed by atoms with Gasteiger partial charge in [0.1, 0.15) is 16.4 Å². The summed E-state index contributed by atoms with van der Waals surface area (Å²) in [6.07, 6.45) is 0. The number of anilines is 1. The minimum atomic E-state index is -3.71. The Bertz CT molecular complexity index is 1200. The molecular weight excluding hydrogens is 446 g/mol. The predicted octanol–water partition coefficient (Wildman–Crippen LogP) is 3.96. The monoisotopic (exact) mass is 473 g/mol. The summed E-state index contributed by atoms with van der Waals surface area (Å²) in [7, 11) is -0.729. The highest BCUT2D eigenvalue weighted by Crippen LogP contribution is 2.34. The van der Waals surface area contributed by atoms with Gasteiger partial charge in [0.25, 0.3) is 0 Å². The van der Waals surface area contributed by atoms with Crippen molar-refractivity contribution in [1.82, 2.24) is 9.29 Å². The van der Waals surface area contributed by atoms with E-state index in [0.717, 1.165) is 10.8 Å². The maximum atomic E-state index is 13.3. The fourth-order valence-corrected chi connectivity index (χ4v) is 6.45. The third-order valence-corrected chi connectivity index (χ3v) is 8.55. The summed E-state index contributed by atoms with van der Waals surface area (Å²) < 4.78 is 38.6. The topological polar surface area (TPSA) is 72.0 Å². The van der Waals surface area contributed by atoms with Crippen LogP contribution >= 0.6 is 11.3 Å². The van der Waals surface area contributed by atoms with Crippen molar-refractivity contribution < 1.29 is 17.9 Å². The van der Waals surface area contributed by atoms with Gasteiger partial charge in [-0.3, -0.25) is 0 Å². The summed E-state index contributed by atoms with van der Waals surface area (Å²) >= 11 is 1.59. The van der Waals surface area contributed by atoms with Crippen LogP contribution < -0.4 is 14.4 Å². The lowest BCUT2D eigenvalue weighted by atomic mass is 10.0. The zero-order valence-corrected chi connectivity index (χ0v) is 20.3. The number of benzene rings is 2. The maximum Gasteiger partial charge on any atom is 0.247 e. The van der Waals surface area contributed by atoms with Crippen LogP contribution in [0.3, 0.4) is 0 Å². The van der Waals surface area contributed by atoms with Gasteiger partial charge in [-0.15, -0.1) is 11.3 Å². The smallest absolute Gasteiger partial charge is 0.247 e. The summed E-state index contributed by atoms with van der Waals surface area (Å²) in [5.74, 6) is 0.788. The molecule has 7 nitrogen and oxygen atoms in total. The summed E-state index contributed by atoms with van der Waals surface area (Å²) in [6, 6.07) is 11.1. The van der Waals surface area contributed by atoms with Crippen LogP contribution in [0.2, 0.25) is 0 Å². The Morgan fingerprint density at radius 1 is 0.969 bits per heavy atom. The lowest BCUT2D eigenvalue weighted by Gasteiger charge is -2.34. The van der Waals surface area contributed by atoms with E-state index in [1.165, 1.54) is 41.3 Å². The number of aromatic nitrogens is 1. The summed E-state index contributed by atoms with van der Waals surface area (Å²) in [5, 5.41) is 2.99. The van der Waals surface area contributed by atoms with E-state index < -0.39 is 10.0 Å². The first kappa shape index (κ1) is 22.6.